The molecule has 10 nitrogen and oxygen atoms in total. The van der Waals surface area contributed by atoms with Gasteiger partial charge in [0.15, 0.2) is 17.8 Å². The lowest BCUT2D eigenvalue weighted by atomic mass is 9.51. The highest BCUT2D eigenvalue weighted by atomic mass is 16.8. The molecule has 7 rings (SSSR count). The number of ether oxygens (including phenoxy) is 5. The van der Waals surface area contributed by atoms with Crippen LogP contribution >= 0.6 is 0 Å². The molecule has 2 N–H and O–H groups in total. The summed E-state index contributed by atoms with van der Waals surface area (Å²) in [5.41, 5.74) is -7.12. The van der Waals surface area contributed by atoms with Gasteiger partial charge in [-0.15, -0.1) is 0 Å². The number of aliphatic hydroxyl groups is 2. The van der Waals surface area contributed by atoms with Crippen LogP contribution in [-0.4, -0.2) is 70.0 Å². The number of aliphatic hydroxyl groups excluding tert-OH is 1. The summed E-state index contributed by atoms with van der Waals surface area (Å²) >= 11 is 0. The maximum Gasteiger partial charge on any atom is 0.343 e. The first-order chi connectivity index (χ1) is 17.4. The average molecular weight is 515 g/mol. The van der Waals surface area contributed by atoms with Crippen molar-refractivity contribution in [3.05, 3.63) is 35.9 Å². The fraction of sp³-hybridized carbons (Fsp3) is 0.667. The van der Waals surface area contributed by atoms with E-state index in [2.05, 4.69) is 0 Å². The first kappa shape index (κ1) is 23.6. The van der Waals surface area contributed by atoms with E-state index in [0.29, 0.717) is 6.42 Å². The van der Waals surface area contributed by atoms with Gasteiger partial charge in [0.05, 0.1) is 23.4 Å². The summed E-state index contributed by atoms with van der Waals surface area (Å²) in [5, 5.41) is 24.3. The zero-order valence-electron chi connectivity index (χ0n) is 21.0. The summed E-state index contributed by atoms with van der Waals surface area (Å²) in [6.07, 6.45) is -6.16. The molecule has 0 aromatic heterocycles. The van der Waals surface area contributed by atoms with Crippen molar-refractivity contribution in [3.63, 3.8) is 0 Å². The number of hydrogen-bond donors (Lipinski definition) is 2. The molecular formula is C27H30O10. The Bertz CT molecular complexity index is 1230. The second-order valence-electron chi connectivity index (χ2n) is 12.4. The summed E-state index contributed by atoms with van der Waals surface area (Å²) in [5.74, 6) is -3.88. The molecule has 37 heavy (non-hydrogen) atoms. The van der Waals surface area contributed by atoms with Crippen LogP contribution in [0.25, 0.3) is 0 Å². The first-order valence-electron chi connectivity index (χ1n) is 12.8. The largest absolute Gasteiger partial charge is 0.459 e. The van der Waals surface area contributed by atoms with Crippen LogP contribution in [0.3, 0.4) is 0 Å². The van der Waals surface area contributed by atoms with Gasteiger partial charge in [0.1, 0.15) is 12.2 Å². The minimum atomic E-state index is -2.23. The summed E-state index contributed by atoms with van der Waals surface area (Å²) in [4.78, 5) is 39.9. The van der Waals surface area contributed by atoms with Crippen LogP contribution in [-0.2, 0) is 44.7 Å². The van der Waals surface area contributed by atoms with Gasteiger partial charge in [0.25, 0.3) is 0 Å². The third kappa shape index (κ3) is 2.14. The SMILES string of the molecule is C[C@@H]1C(=O)OC2[C@@H](O)C34C5C[C@@H](C(C)(C)C)C36C(OC(=O)[C@H]6OCc3ccccc3)OC4(C(=O)O5)[C@]21O. The molecule has 4 heterocycles. The van der Waals surface area contributed by atoms with Crippen LogP contribution in [0.15, 0.2) is 30.3 Å². The maximum absolute atomic E-state index is 13.8. The molecule has 0 amide bonds. The molecule has 0 radical (unpaired) electrons. The number of rotatable bonds is 3. The third-order valence-electron chi connectivity index (χ3n) is 10.2. The van der Waals surface area contributed by atoms with Crippen molar-refractivity contribution in [2.75, 3.05) is 0 Å². The Balaban J connectivity index is 1.47. The Hall–Kier alpha value is -2.53. The van der Waals surface area contributed by atoms with E-state index in [1.165, 1.54) is 6.92 Å². The molecule has 10 heteroatoms. The van der Waals surface area contributed by atoms with Crippen molar-refractivity contribution < 1.29 is 48.3 Å². The topological polar surface area (TPSA) is 138 Å². The fourth-order valence-electron chi connectivity index (χ4n) is 9.05. The Morgan fingerprint density at radius 2 is 1.76 bits per heavy atom. The molecule has 4 saturated heterocycles. The molecule has 198 valence electrons. The highest BCUT2D eigenvalue weighted by molar-refractivity contribution is 5.94. The second-order valence-corrected chi connectivity index (χ2v) is 12.4. The van der Waals surface area contributed by atoms with Crippen LogP contribution in [0.1, 0.15) is 39.7 Å². The van der Waals surface area contributed by atoms with E-state index >= 15 is 0 Å². The number of carbonyl (C=O) groups excluding carboxylic acids is 3. The van der Waals surface area contributed by atoms with Crippen LogP contribution < -0.4 is 0 Å². The van der Waals surface area contributed by atoms with Crippen molar-refractivity contribution in [1.82, 2.24) is 0 Å². The van der Waals surface area contributed by atoms with Gasteiger partial charge in [-0.1, -0.05) is 51.1 Å². The quantitative estimate of drug-likeness (QED) is 0.441. The number of hydrogen-bond acceptors (Lipinski definition) is 10. The second kappa shape index (κ2) is 6.72. The lowest BCUT2D eigenvalue weighted by Crippen LogP contribution is -2.67. The number of benzene rings is 1. The lowest BCUT2D eigenvalue weighted by Gasteiger charge is -2.48. The number of carbonyl (C=O) groups is 3. The molecule has 6 fully saturated rings. The van der Waals surface area contributed by atoms with Crippen LogP contribution in [0.5, 0.6) is 0 Å². The van der Waals surface area contributed by atoms with E-state index in [4.69, 9.17) is 23.7 Å². The Morgan fingerprint density at radius 3 is 2.43 bits per heavy atom. The summed E-state index contributed by atoms with van der Waals surface area (Å²) < 4.78 is 29.9. The fourth-order valence-corrected chi connectivity index (χ4v) is 9.05. The molecule has 2 spiro atoms. The minimum absolute atomic E-state index is 0.0731. The van der Waals surface area contributed by atoms with Crippen molar-refractivity contribution in [2.24, 2.45) is 28.1 Å². The van der Waals surface area contributed by atoms with Gasteiger partial charge in [-0.2, -0.15) is 0 Å². The standard InChI is InChI=1S/C27H30O10/c1-12-19(29)35-17-16(28)25-15-10-14(23(2,3)4)24(25)18(33-11-13-8-6-5-7-9-13)20(30)36-22(24)37-27(25,21(31)34-15)26(12,17)32/h5-9,12,14-18,22,28,32H,10-11H2,1-4H3/t12-,14+,15?,16-,17?,18-,22?,24?,25?,26-,27?/m1/s1. The minimum Gasteiger partial charge on any atom is -0.459 e. The summed E-state index contributed by atoms with van der Waals surface area (Å²) in [6, 6.07) is 9.31. The Kier molecular flexibility index (Phi) is 4.28. The van der Waals surface area contributed by atoms with Gasteiger partial charge in [-0.05, 0) is 30.2 Å². The van der Waals surface area contributed by atoms with E-state index in [-0.39, 0.29) is 12.5 Å². The molecule has 11 atom stereocenters. The van der Waals surface area contributed by atoms with Gasteiger partial charge < -0.3 is 33.9 Å². The third-order valence-corrected chi connectivity index (χ3v) is 10.2. The smallest absolute Gasteiger partial charge is 0.343 e. The summed E-state index contributed by atoms with van der Waals surface area (Å²) in [7, 11) is 0. The average Bonchev–Trinajstić information content (AvgIpc) is 3.55. The highest BCUT2D eigenvalue weighted by Gasteiger charge is 3.04. The van der Waals surface area contributed by atoms with Gasteiger partial charge in [-0.3, -0.25) is 4.79 Å². The molecular weight excluding hydrogens is 484 g/mol. The molecule has 2 aliphatic carbocycles. The zero-order chi connectivity index (χ0) is 26.3. The summed E-state index contributed by atoms with van der Waals surface area (Å²) in [6.45, 7) is 7.52. The normalized spacial score (nSPS) is 50.9. The zero-order valence-corrected chi connectivity index (χ0v) is 21.0. The molecule has 0 bridgehead atoms. The first-order valence-corrected chi connectivity index (χ1v) is 12.8. The molecule has 6 unspecified atom stereocenters. The van der Waals surface area contributed by atoms with E-state index in [0.717, 1.165) is 5.56 Å². The van der Waals surface area contributed by atoms with E-state index in [9.17, 15) is 24.6 Å². The van der Waals surface area contributed by atoms with Crippen molar-refractivity contribution in [3.8, 4) is 0 Å². The molecule has 1 aromatic carbocycles. The van der Waals surface area contributed by atoms with Crippen LogP contribution in [0.2, 0.25) is 0 Å². The number of fused-ring (bicyclic) bond motifs is 1. The van der Waals surface area contributed by atoms with Gasteiger partial charge in [-0.25, -0.2) is 9.59 Å². The monoisotopic (exact) mass is 514 g/mol. The Labute approximate surface area is 213 Å². The van der Waals surface area contributed by atoms with Gasteiger partial charge in [0, 0.05) is 0 Å². The van der Waals surface area contributed by atoms with Crippen molar-refractivity contribution in [2.45, 2.75) is 82.6 Å². The van der Waals surface area contributed by atoms with Crippen molar-refractivity contribution >= 4 is 17.9 Å². The maximum atomic E-state index is 13.8. The predicted octanol–water partition coefficient (Wildman–Crippen LogP) is 0.855. The lowest BCUT2D eigenvalue weighted by molar-refractivity contribution is -0.240. The van der Waals surface area contributed by atoms with Crippen molar-refractivity contribution in [1.29, 1.82) is 0 Å². The number of esters is 3. The molecule has 2 saturated carbocycles. The highest BCUT2D eigenvalue weighted by Crippen LogP contribution is 2.84. The Morgan fingerprint density at radius 1 is 1.05 bits per heavy atom. The molecule has 6 aliphatic rings. The van der Waals surface area contributed by atoms with Gasteiger partial charge >= 0.3 is 17.9 Å². The van der Waals surface area contributed by atoms with E-state index in [1.54, 1.807) is 0 Å². The van der Waals surface area contributed by atoms with Gasteiger partial charge in [0.2, 0.25) is 11.9 Å². The molecule has 1 aromatic rings. The van der Waals surface area contributed by atoms with Crippen LogP contribution in [0.4, 0.5) is 0 Å². The van der Waals surface area contributed by atoms with Crippen LogP contribution in [0, 0.1) is 28.1 Å². The van der Waals surface area contributed by atoms with E-state index in [1.807, 2.05) is 51.1 Å². The van der Waals surface area contributed by atoms with E-state index < -0.39 is 82.0 Å². The predicted molar refractivity (Wildman–Crippen MR) is 121 cm³/mol. The molecule has 4 aliphatic heterocycles.